The first-order chi connectivity index (χ1) is 10.00. The summed E-state index contributed by atoms with van der Waals surface area (Å²) in [5.74, 6) is -0.668. The van der Waals surface area contributed by atoms with Crippen molar-refractivity contribution in [2.75, 3.05) is 13.1 Å². The summed E-state index contributed by atoms with van der Waals surface area (Å²) >= 11 is 0. The minimum absolute atomic E-state index is 0.109. The van der Waals surface area contributed by atoms with Crippen LogP contribution in [-0.4, -0.2) is 53.8 Å². The molecule has 2 aliphatic carbocycles. The molecular formula is C14H18N2O4S. The summed E-state index contributed by atoms with van der Waals surface area (Å²) in [4.78, 5) is 26.1. The predicted octanol–water partition coefficient (Wildman–Crippen LogP) is 0.114. The van der Waals surface area contributed by atoms with E-state index in [1.807, 2.05) is 12.2 Å². The monoisotopic (exact) mass is 310 g/mol. The molecule has 21 heavy (non-hydrogen) atoms. The Bertz CT molecular complexity index is 605. The van der Waals surface area contributed by atoms with E-state index >= 15 is 0 Å². The third-order valence-corrected chi connectivity index (χ3v) is 7.37. The van der Waals surface area contributed by atoms with Crippen molar-refractivity contribution in [1.29, 1.82) is 0 Å². The highest BCUT2D eigenvalue weighted by Gasteiger charge is 2.54. The maximum Gasteiger partial charge on any atom is 0.233 e. The van der Waals surface area contributed by atoms with Crippen molar-refractivity contribution >= 4 is 21.8 Å². The normalized spacial score (nSPS) is 34.2. The fraction of sp³-hybridized carbons (Fsp3) is 0.714. The van der Waals surface area contributed by atoms with E-state index in [2.05, 4.69) is 0 Å². The molecule has 2 saturated heterocycles. The number of sulfonamides is 1. The average Bonchev–Trinajstić information content (AvgIpc) is 3.22. The molecule has 0 unspecified atom stereocenters. The van der Waals surface area contributed by atoms with Gasteiger partial charge >= 0.3 is 0 Å². The van der Waals surface area contributed by atoms with E-state index < -0.39 is 10.0 Å². The second-order valence-corrected chi connectivity index (χ2v) is 8.63. The van der Waals surface area contributed by atoms with E-state index in [-0.39, 0.29) is 48.0 Å². The molecule has 4 aliphatic rings. The topological polar surface area (TPSA) is 74.8 Å². The summed E-state index contributed by atoms with van der Waals surface area (Å²) in [5.41, 5.74) is 0. The SMILES string of the molecule is O=C1[C@H]2CC=CC[C@@H]2C(=O)N1C1CN(S(=O)(=O)C2CC2)C1. The minimum atomic E-state index is -3.18. The molecule has 2 aliphatic heterocycles. The van der Waals surface area contributed by atoms with Gasteiger partial charge in [0.15, 0.2) is 0 Å². The fourth-order valence-corrected chi connectivity index (χ4v) is 5.46. The Morgan fingerprint density at radius 2 is 1.48 bits per heavy atom. The highest BCUT2D eigenvalue weighted by atomic mass is 32.2. The zero-order chi connectivity index (χ0) is 14.8. The van der Waals surface area contributed by atoms with E-state index in [1.165, 1.54) is 9.21 Å². The molecule has 2 amide bonds. The molecule has 0 aromatic carbocycles. The highest BCUT2D eigenvalue weighted by Crippen LogP contribution is 2.39. The first-order valence-electron chi connectivity index (χ1n) is 7.51. The predicted molar refractivity (Wildman–Crippen MR) is 74.5 cm³/mol. The van der Waals surface area contributed by atoms with Gasteiger partial charge in [-0.15, -0.1) is 0 Å². The van der Waals surface area contributed by atoms with E-state index in [1.54, 1.807) is 0 Å². The van der Waals surface area contributed by atoms with Gasteiger partial charge < -0.3 is 0 Å². The maximum atomic E-state index is 12.4. The van der Waals surface area contributed by atoms with Crippen molar-refractivity contribution < 1.29 is 18.0 Å². The lowest BCUT2D eigenvalue weighted by Crippen LogP contribution is -2.62. The van der Waals surface area contributed by atoms with Crippen LogP contribution in [0.3, 0.4) is 0 Å². The van der Waals surface area contributed by atoms with Gasteiger partial charge in [-0.1, -0.05) is 12.2 Å². The lowest BCUT2D eigenvalue weighted by Gasteiger charge is -2.42. The van der Waals surface area contributed by atoms with Crippen molar-refractivity contribution in [2.45, 2.75) is 37.0 Å². The molecule has 2 heterocycles. The van der Waals surface area contributed by atoms with Crippen LogP contribution in [0, 0.1) is 11.8 Å². The fourth-order valence-electron chi connectivity index (χ4n) is 3.55. The van der Waals surface area contributed by atoms with Crippen molar-refractivity contribution in [3.05, 3.63) is 12.2 Å². The number of amides is 2. The Balaban J connectivity index is 1.47. The number of fused-ring (bicyclic) bond motifs is 1. The number of rotatable bonds is 3. The molecule has 6 nitrogen and oxygen atoms in total. The Morgan fingerprint density at radius 1 is 0.952 bits per heavy atom. The van der Waals surface area contributed by atoms with Gasteiger partial charge in [-0.05, 0) is 25.7 Å². The summed E-state index contributed by atoms with van der Waals surface area (Å²) in [6.07, 6.45) is 6.65. The molecule has 0 aromatic rings. The first kappa shape index (κ1) is 13.5. The number of likely N-dealkylation sites (tertiary alicyclic amines) is 1. The van der Waals surface area contributed by atoms with Crippen LogP contribution in [0.15, 0.2) is 12.2 Å². The van der Waals surface area contributed by atoms with Crippen molar-refractivity contribution in [3.8, 4) is 0 Å². The van der Waals surface area contributed by atoms with Crippen molar-refractivity contribution in [2.24, 2.45) is 11.8 Å². The standard InChI is InChI=1S/C14H18N2O4S/c17-13-11-3-1-2-4-12(11)14(18)16(13)9-7-15(8-9)21(19,20)10-5-6-10/h1-2,9-12H,3-8H2/t11-,12-/m0/s1. The number of nitrogens with zero attached hydrogens (tertiary/aromatic N) is 2. The summed E-state index contributed by atoms with van der Waals surface area (Å²) < 4.78 is 25.6. The van der Waals surface area contributed by atoms with Crippen LogP contribution >= 0.6 is 0 Å². The number of allylic oxidation sites excluding steroid dienone is 2. The van der Waals surface area contributed by atoms with Crippen LogP contribution < -0.4 is 0 Å². The second-order valence-electron chi connectivity index (χ2n) is 6.42. The number of hydrogen-bond donors (Lipinski definition) is 0. The number of hydrogen-bond acceptors (Lipinski definition) is 4. The number of carbonyl (C=O) groups is 2. The number of imide groups is 1. The summed E-state index contributed by atoms with van der Waals surface area (Å²) in [6, 6.07) is -0.260. The summed E-state index contributed by atoms with van der Waals surface area (Å²) in [7, 11) is -3.18. The molecular weight excluding hydrogens is 292 g/mol. The molecule has 2 atom stereocenters. The molecule has 0 N–H and O–H groups in total. The lowest BCUT2D eigenvalue weighted by molar-refractivity contribution is -0.145. The third-order valence-electron chi connectivity index (χ3n) is 5.04. The lowest BCUT2D eigenvalue weighted by atomic mass is 9.85. The molecule has 0 aromatic heterocycles. The zero-order valence-corrected chi connectivity index (χ0v) is 12.5. The molecule has 1 saturated carbocycles. The van der Waals surface area contributed by atoms with Crippen LogP contribution in [0.4, 0.5) is 0 Å². The van der Waals surface area contributed by atoms with E-state index in [0.717, 1.165) is 12.8 Å². The largest absolute Gasteiger partial charge is 0.276 e. The highest BCUT2D eigenvalue weighted by molar-refractivity contribution is 7.90. The summed E-state index contributed by atoms with van der Waals surface area (Å²) in [5, 5.41) is -0.227. The smallest absolute Gasteiger partial charge is 0.233 e. The van der Waals surface area contributed by atoms with E-state index in [0.29, 0.717) is 12.8 Å². The second kappa shape index (κ2) is 4.39. The molecule has 3 fully saturated rings. The third kappa shape index (κ3) is 1.90. The van der Waals surface area contributed by atoms with Crippen LogP contribution in [-0.2, 0) is 19.6 Å². The Morgan fingerprint density at radius 3 is 1.95 bits per heavy atom. The Hall–Kier alpha value is -1.21. The van der Waals surface area contributed by atoms with Gasteiger partial charge in [-0.3, -0.25) is 14.5 Å². The van der Waals surface area contributed by atoms with Gasteiger partial charge in [0.1, 0.15) is 0 Å². The van der Waals surface area contributed by atoms with Crippen LogP contribution in [0.1, 0.15) is 25.7 Å². The Labute approximate surface area is 123 Å². The molecule has 0 radical (unpaired) electrons. The van der Waals surface area contributed by atoms with E-state index in [4.69, 9.17) is 0 Å². The average molecular weight is 310 g/mol. The molecule has 7 heteroatoms. The summed E-state index contributed by atoms with van der Waals surface area (Å²) in [6.45, 7) is 0.562. The van der Waals surface area contributed by atoms with Gasteiger partial charge in [-0.2, -0.15) is 4.31 Å². The maximum absolute atomic E-state index is 12.4. The van der Waals surface area contributed by atoms with Crippen molar-refractivity contribution in [3.63, 3.8) is 0 Å². The van der Waals surface area contributed by atoms with Crippen molar-refractivity contribution in [1.82, 2.24) is 9.21 Å². The van der Waals surface area contributed by atoms with Gasteiger partial charge in [0.2, 0.25) is 21.8 Å². The molecule has 4 rings (SSSR count). The van der Waals surface area contributed by atoms with Gasteiger partial charge in [0, 0.05) is 13.1 Å². The molecule has 0 bridgehead atoms. The van der Waals surface area contributed by atoms with E-state index in [9.17, 15) is 18.0 Å². The molecule has 114 valence electrons. The molecule has 0 spiro atoms. The van der Waals surface area contributed by atoms with Crippen LogP contribution in [0.2, 0.25) is 0 Å². The van der Waals surface area contributed by atoms with Gasteiger partial charge in [0.25, 0.3) is 0 Å². The van der Waals surface area contributed by atoms with Crippen LogP contribution in [0.5, 0.6) is 0 Å². The minimum Gasteiger partial charge on any atom is -0.276 e. The van der Waals surface area contributed by atoms with Gasteiger partial charge in [-0.25, -0.2) is 8.42 Å². The Kier molecular flexibility index (Phi) is 2.81. The van der Waals surface area contributed by atoms with Gasteiger partial charge in [0.05, 0.1) is 23.1 Å². The quantitative estimate of drug-likeness (QED) is 0.548. The first-order valence-corrected chi connectivity index (χ1v) is 9.01. The number of carbonyl (C=O) groups excluding carboxylic acids is 2. The zero-order valence-electron chi connectivity index (χ0n) is 11.6. The van der Waals surface area contributed by atoms with Crippen LogP contribution in [0.25, 0.3) is 0 Å².